The third kappa shape index (κ3) is 4.95. The van der Waals surface area contributed by atoms with Crippen molar-refractivity contribution in [3.05, 3.63) is 65.2 Å². The maximum absolute atomic E-state index is 13.2. The molecule has 7 heteroatoms. The van der Waals surface area contributed by atoms with E-state index in [4.69, 9.17) is 18.9 Å². The number of rotatable bonds is 7. The van der Waals surface area contributed by atoms with Crippen molar-refractivity contribution in [1.29, 1.82) is 0 Å². The molecule has 3 aliphatic carbocycles. The van der Waals surface area contributed by atoms with Crippen LogP contribution in [0.4, 0.5) is 9.59 Å². The molecule has 2 saturated carbocycles. The molecule has 1 aliphatic heterocycles. The number of likely N-dealkylation sites (tertiary alicyclic amines) is 1. The standard InChI is InChI=1S/C31H37NO6/c33-29(35-19-22-7-2-1-3-8-22)32-16-15-31-14-5-4-11-26(31)28(32)17-24-12-13-25(18-27(24)31)37-21-38-30(34)36-20-23-9-6-10-23/h1-3,7-8,12-13,18,23,26,28H,4-6,9-11,14-17,19-21H2/t26-,28-,31+/m1/s1. The Labute approximate surface area is 224 Å². The van der Waals surface area contributed by atoms with E-state index in [1.165, 1.54) is 30.4 Å². The molecule has 1 heterocycles. The summed E-state index contributed by atoms with van der Waals surface area (Å²) in [6.45, 7) is 1.27. The zero-order chi connectivity index (χ0) is 26.0. The minimum absolute atomic E-state index is 0.0502. The van der Waals surface area contributed by atoms with Crippen LogP contribution >= 0.6 is 0 Å². The smallest absolute Gasteiger partial charge is 0.457 e. The molecular formula is C31H37NO6. The molecule has 1 saturated heterocycles. The van der Waals surface area contributed by atoms with Gasteiger partial charge in [0, 0.05) is 18.0 Å². The quantitative estimate of drug-likeness (QED) is 0.313. The second kappa shape index (κ2) is 10.9. The van der Waals surface area contributed by atoms with E-state index in [0.29, 0.717) is 37.3 Å². The zero-order valence-electron chi connectivity index (χ0n) is 21.9. The van der Waals surface area contributed by atoms with Gasteiger partial charge in [-0.2, -0.15) is 0 Å². The number of fused-ring (bicyclic) bond motifs is 1. The van der Waals surface area contributed by atoms with Crippen molar-refractivity contribution in [2.24, 2.45) is 11.8 Å². The van der Waals surface area contributed by atoms with Crippen LogP contribution in [0.15, 0.2) is 48.5 Å². The molecule has 6 rings (SSSR count). The second-order valence-corrected chi connectivity index (χ2v) is 11.3. The predicted octanol–water partition coefficient (Wildman–Crippen LogP) is 6.37. The number of hydrogen-bond acceptors (Lipinski definition) is 6. The van der Waals surface area contributed by atoms with Crippen LogP contribution in [0.1, 0.15) is 68.1 Å². The normalized spacial score (nSPS) is 25.8. The molecule has 0 N–H and O–H groups in total. The van der Waals surface area contributed by atoms with Gasteiger partial charge in [0.1, 0.15) is 12.4 Å². The monoisotopic (exact) mass is 519 g/mol. The van der Waals surface area contributed by atoms with Crippen LogP contribution in [-0.4, -0.2) is 43.1 Å². The first kappa shape index (κ1) is 25.1. The predicted molar refractivity (Wildman–Crippen MR) is 141 cm³/mol. The molecular weight excluding hydrogens is 482 g/mol. The van der Waals surface area contributed by atoms with Crippen LogP contribution in [0, 0.1) is 11.8 Å². The number of carbonyl (C=O) groups excluding carboxylic acids is 2. The number of ether oxygens (including phenoxy) is 4. The van der Waals surface area contributed by atoms with Crippen molar-refractivity contribution >= 4 is 12.2 Å². The SMILES string of the molecule is O=C(OCOc1ccc2c(c1)[C@]13CCCC[C@@H]1[C@@H](C2)N(C(=O)OCc1ccccc1)CC3)OCC1CCC1. The number of piperidine rings is 1. The minimum Gasteiger partial charge on any atom is -0.457 e. The first-order valence-corrected chi connectivity index (χ1v) is 14.2. The van der Waals surface area contributed by atoms with Gasteiger partial charge >= 0.3 is 12.2 Å². The Kier molecular flexibility index (Phi) is 7.18. The number of hydrogen-bond donors (Lipinski definition) is 0. The Morgan fingerprint density at radius 1 is 0.921 bits per heavy atom. The van der Waals surface area contributed by atoms with Crippen molar-refractivity contribution in [3.8, 4) is 5.75 Å². The molecule has 1 amide bonds. The van der Waals surface area contributed by atoms with Gasteiger partial charge in [-0.25, -0.2) is 9.59 Å². The first-order valence-electron chi connectivity index (χ1n) is 14.2. The molecule has 2 aromatic carbocycles. The molecule has 3 fully saturated rings. The van der Waals surface area contributed by atoms with Gasteiger partial charge in [-0.1, -0.05) is 55.7 Å². The number of carbonyl (C=O) groups is 2. The minimum atomic E-state index is -0.671. The first-order chi connectivity index (χ1) is 18.6. The van der Waals surface area contributed by atoms with E-state index in [0.717, 1.165) is 44.1 Å². The second-order valence-electron chi connectivity index (χ2n) is 11.3. The maximum atomic E-state index is 13.2. The summed E-state index contributed by atoms with van der Waals surface area (Å²) < 4.78 is 21.9. The van der Waals surface area contributed by atoms with Gasteiger partial charge in [-0.15, -0.1) is 0 Å². The maximum Gasteiger partial charge on any atom is 0.511 e. The number of amides is 1. The van der Waals surface area contributed by atoms with Gasteiger partial charge in [0.15, 0.2) is 0 Å². The Bertz CT molecular complexity index is 1150. The van der Waals surface area contributed by atoms with Crippen LogP contribution in [-0.2, 0) is 32.7 Å². The molecule has 2 aromatic rings. The molecule has 202 valence electrons. The Morgan fingerprint density at radius 2 is 1.79 bits per heavy atom. The average Bonchev–Trinajstić information content (AvgIpc) is 2.92. The summed E-state index contributed by atoms with van der Waals surface area (Å²) in [5.41, 5.74) is 3.68. The van der Waals surface area contributed by atoms with Crippen molar-refractivity contribution in [1.82, 2.24) is 4.90 Å². The highest BCUT2D eigenvalue weighted by molar-refractivity contribution is 5.69. The van der Waals surface area contributed by atoms with Gasteiger partial charge in [-0.3, -0.25) is 0 Å². The molecule has 0 radical (unpaired) electrons. The summed E-state index contributed by atoms with van der Waals surface area (Å²) in [6.07, 6.45) is 8.96. The molecule has 38 heavy (non-hydrogen) atoms. The van der Waals surface area contributed by atoms with E-state index >= 15 is 0 Å². The van der Waals surface area contributed by atoms with Crippen LogP contribution in [0.3, 0.4) is 0 Å². The van der Waals surface area contributed by atoms with E-state index in [1.54, 1.807) is 0 Å². The van der Waals surface area contributed by atoms with Crippen LogP contribution in [0.2, 0.25) is 0 Å². The molecule has 0 spiro atoms. The van der Waals surface area contributed by atoms with Gasteiger partial charge in [-0.05, 0) is 79.2 Å². The molecule has 2 bridgehead atoms. The molecule has 4 aliphatic rings. The third-order valence-electron chi connectivity index (χ3n) is 9.31. The van der Waals surface area contributed by atoms with Gasteiger partial charge in [0.05, 0.1) is 6.61 Å². The van der Waals surface area contributed by atoms with E-state index in [2.05, 4.69) is 12.1 Å². The largest absolute Gasteiger partial charge is 0.511 e. The molecule has 0 aromatic heterocycles. The van der Waals surface area contributed by atoms with Gasteiger partial charge in [0.2, 0.25) is 6.79 Å². The highest BCUT2D eigenvalue weighted by atomic mass is 16.8. The Hall–Kier alpha value is -3.22. The molecule has 0 unspecified atom stereocenters. The van der Waals surface area contributed by atoms with Gasteiger partial charge < -0.3 is 23.8 Å². The summed E-state index contributed by atoms with van der Waals surface area (Å²) >= 11 is 0. The van der Waals surface area contributed by atoms with Crippen molar-refractivity contribution < 1.29 is 28.5 Å². The fraction of sp³-hybridized carbons (Fsp3) is 0.548. The van der Waals surface area contributed by atoms with E-state index < -0.39 is 6.16 Å². The number of nitrogens with zero attached hydrogens (tertiary/aromatic N) is 1. The van der Waals surface area contributed by atoms with Crippen molar-refractivity contribution in [3.63, 3.8) is 0 Å². The fourth-order valence-electron chi connectivity index (χ4n) is 7.14. The number of benzene rings is 2. The van der Waals surface area contributed by atoms with Gasteiger partial charge in [0.25, 0.3) is 0 Å². The summed E-state index contributed by atoms with van der Waals surface area (Å²) in [7, 11) is 0. The Balaban J connectivity index is 1.12. The molecule has 7 nitrogen and oxygen atoms in total. The lowest BCUT2D eigenvalue weighted by molar-refractivity contribution is -0.0150. The van der Waals surface area contributed by atoms with Crippen molar-refractivity contribution in [2.45, 2.75) is 75.9 Å². The van der Waals surface area contributed by atoms with E-state index in [1.807, 2.05) is 41.3 Å². The lowest BCUT2D eigenvalue weighted by atomic mass is 9.52. The highest BCUT2D eigenvalue weighted by Gasteiger charge is 2.55. The lowest BCUT2D eigenvalue weighted by Crippen LogP contribution is -2.62. The topological polar surface area (TPSA) is 74.3 Å². The zero-order valence-corrected chi connectivity index (χ0v) is 21.9. The Morgan fingerprint density at radius 3 is 2.61 bits per heavy atom. The van der Waals surface area contributed by atoms with E-state index in [9.17, 15) is 9.59 Å². The third-order valence-corrected chi connectivity index (χ3v) is 9.31. The van der Waals surface area contributed by atoms with E-state index in [-0.39, 0.29) is 24.3 Å². The summed E-state index contributed by atoms with van der Waals surface area (Å²) in [5, 5.41) is 0. The average molecular weight is 520 g/mol. The van der Waals surface area contributed by atoms with Crippen LogP contribution in [0.5, 0.6) is 5.75 Å². The van der Waals surface area contributed by atoms with Crippen LogP contribution < -0.4 is 4.74 Å². The summed E-state index contributed by atoms with van der Waals surface area (Å²) in [5.74, 6) is 1.60. The summed E-state index contributed by atoms with van der Waals surface area (Å²) in [6, 6.07) is 16.2. The molecule has 3 atom stereocenters. The summed E-state index contributed by atoms with van der Waals surface area (Å²) in [4.78, 5) is 27.1. The lowest BCUT2D eigenvalue weighted by Gasteiger charge is -2.58. The van der Waals surface area contributed by atoms with Crippen molar-refractivity contribution in [2.75, 3.05) is 19.9 Å². The van der Waals surface area contributed by atoms with Crippen LogP contribution in [0.25, 0.3) is 0 Å². The fourth-order valence-corrected chi connectivity index (χ4v) is 7.14. The highest BCUT2D eigenvalue weighted by Crippen LogP contribution is 2.56.